The van der Waals surface area contributed by atoms with E-state index in [1.807, 2.05) is 6.92 Å². The summed E-state index contributed by atoms with van der Waals surface area (Å²) in [5.74, 6) is -1.54. The summed E-state index contributed by atoms with van der Waals surface area (Å²) in [6, 6.07) is 11.6. The molecule has 2 rings (SSSR count). The van der Waals surface area contributed by atoms with Crippen LogP contribution in [0.4, 0.5) is 10.1 Å². The molecule has 2 aromatic carbocycles. The van der Waals surface area contributed by atoms with Gasteiger partial charge in [-0.1, -0.05) is 35.9 Å². The van der Waals surface area contributed by atoms with Gasteiger partial charge in [0.25, 0.3) is 0 Å². The maximum Gasteiger partial charge on any atom is 0.244 e. The summed E-state index contributed by atoms with van der Waals surface area (Å²) >= 11 is 0. The number of benzene rings is 2. The highest BCUT2D eigenvalue weighted by Gasteiger charge is 2.30. The van der Waals surface area contributed by atoms with E-state index >= 15 is 0 Å². The maximum absolute atomic E-state index is 14.3. The first-order valence-corrected chi connectivity index (χ1v) is 12.1. The molecule has 0 saturated carbocycles. The molecule has 0 aliphatic heterocycles. The van der Waals surface area contributed by atoms with Crippen molar-refractivity contribution in [1.82, 2.24) is 10.2 Å². The fourth-order valence-corrected chi connectivity index (χ4v) is 3.97. The van der Waals surface area contributed by atoms with Crippen LogP contribution in [0.1, 0.15) is 31.9 Å². The Hall–Kier alpha value is -2.94. The van der Waals surface area contributed by atoms with Crippen molar-refractivity contribution in [2.45, 2.75) is 46.3 Å². The number of carbonyl (C=O) groups is 2. The summed E-state index contributed by atoms with van der Waals surface area (Å²) in [7, 11) is -3.79. The first-order chi connectivity index (χ1) is 14.9. The fraction of sp³-hybridized carbons (Fsp3) is 0.391. The zero-order valence-corrected chi connectivity index (χ0v) is 19.8. The number of anilines is 1. The van der Waals surface area contributed by atoms with Gasteiger partial charge in [0.15, 0.2) is 0 Å². The Morgan fingerprint density at radius 3 is 2.16 bits per heavy atom. The summed E-state index contributed by atoms with van der Waals surface area (Å²) in [5, 5.41) is 2.74. The molecule has 0 unspecified atom stereocenters. The molecule has 7 nitrogen and oxygen atoms in total. The average molecular weight is 464 g/mol. The van der Waals surface area contributed by atoms with E-state index in [9.17, 15) is 22.4 Å². The number of hydrogen-bond donors (Lipinski definition) is 1. The van der Waals surface area contributed by atoms with Gasteiger partial charge in [0.05, 0.1) is 11.9 Å². The molecular weight excluding hydrogens is 433 g/mol. The topological polar surface area (TPSA) is 86.8 Å². The number of carbonyl (C=O) groups excluding carboxylic acids is 2. The highest BCUT2D eigenvalue weighted by molar-refractivity contribution is 7.92. The third kappa shape index (κ3) is 6.78. The second-order valence-corrected chi connectivity index (χ2v) is 9.96. The van der Waals surface area contributed by atoms with Crippen LogP contribution in [0.25, 0.3) is 0 Å². The van der Waals surface area contributed by atoms with Gasteiger partial charge in [-0.25, -0.2) is 12.8 Å². The number of sulfonamides is 1. The Morgan fingerprint density at radius 2 is 1.62 bits per heavy atom. The number of amides is 2. The standard InChI is InChI=1S/C23H30FN3O4S/c1-16(2)25-23(29)18(4)26(14-19-8-6-7-9-21(19)24)22(28)15-27(32(5,30)31)20-12-10-17(3)11-13-20/h6-13,16,18H,14-15H2,1-5H3,(H,25,29)/t18-/m0/s1. The van der Waals surface area contributed by atoms with Crippen molar-refractivity contribution < 1.29 is 22.4 Å². The molecule has 2 aromatic rings. The number of halogens is 1. The van der Waals surface area contributed by atoms with Crippen LogP contribution in [0.2, 0.25) is 0 Å². The van der Waals surface area contributed by atoms with Crippen LogP contribution in [0.3, 0.4) is 0 Å². The van der Waals surface area contributed by atoms with E-state index in [-0.39, 0.29) is 18.2 Å². The van der Waals surface area contributed by atoms with Crippen LogP contribution < -0.4 is 9.62 Å². The van der Waals surface area contributed by atoms with Crippen LogP contribution in [0.15, 0.2) is 48.5 Å². The summed E-state index contributed by atoms with van der Waals surface area (Å²) in [6.45, 7) is 6.28. The molecule has 0 bridgehead atoms. The van der Waals surface area contributed by atoms with Crippen LogP contribution in [0.5, 0.6) is 0 Å². The number of hydrogen-bond acceptors (Lipinski definition) is 4. The SMILES string of the molecule is Cc1ccc(N(CC(=O)N(Cc2ccccc2F)[C@@H](C)C(=O)NC(C)C)S(C)(=O)=O)cc1. The van der Waals surface area contributed by atoms with Gasteiger partial charge in [0.1, 0.15) is 18.4 Å². The molecule has 0 saturated heterocycles. The van der Waals surface area contributed by atoms with Gasteiger partial charge < -0.3 is 10.2 Å². The quantitative estimate of drug-likeness (QED) is 0.620. The van der Waals surface area contributed by atoms with Gasteiger partial charge in [-0.3, -0.25) is 13.9 Å². The second-order valence-electron chi connectivity index (χ2n) is 8.06. The van der Waals surface area contributed by atoms with Crippen LogP contribution in [-0.2, 0) is 26.2 Å². The monoisotopic (exact) mass is 463 g/mol. The highest BCUT2D eigenvalue weighted by Crippen LogP contribution is 2.20. The van der Waals surface area contributed by atoms with E-state index in [2.05, 4.69) is 5.32 Å². The molecule has 0 spiro atoms. The van der Waals surface area contributed by atoms with Crippen molar-refractivity contribution in [1.29, 1.82) is 0 Å². The first kappa shape index (κ1) is 25.3. The molecule has 0 aromatic heterocycles. The van der Waals surface area contributed by atoms with E-state index in [0.717, 1.165) is 16.1 Å². The molecule has 0 aliphatic carbocycles. The van der Waals surface area contributed by atoms with Gasteiger partial charge in [-0.15, -0.1) is 0 Å². The summed E-state index contributed by atoms with van der Waals surface area (Å²) in [4.78, 5) is 27.1. The lowest BCUT2D eigenvalue weighted by molar-refractivity contribution is -0.139. The number of nitrogens with one attached hydrogen (secondary N) is 1. The minimum absolute atomic E-state index is 0.157. The van der Waals surface area contributed by atoms with Gasteiger partial charge in [-0.2, -0.15) is 0 Å². The van der Waals surface area contributed by atoms with Crippen molar-refractivity contribution in [3.63, 3.8) is 0 Å². The van der Waals surface area contributed by atoms with E-state index in [1.54, 1.807) is 44.2 Å². The third-order valence-corrected chi connectivity index (χ3v) is 6.04. The van der Waals surface area contributed by atoms with Crippen LogP contribution >= 0.6 is 0 Å². The fourth-order valence-electron chi connectivity index (χ4n) is 3.12. The van der Waals surface area contributed by atoms with E-state index in [4.69, 9.17) is 0 Å². The first-order valence-electron chi connectivity index (χ1n) is 10.3. The van der Waals surface area contributed by atoms with Crippen molar-refractivity contribution in [3.8, 4) is 0 Å². The summed E-state index contributed by atoms with van der Waals surface area (Å²) in [5.41, 5.74) is 1.50. The molecule has 0 radical (unpaired) electrons. The van der Waals surface area contributed by atoms with E-state index < -0.39 is 40.2 Å². The number of rotatable bonds is 9. The smallest absolute Gasteiger partial charge is 0.244 e. The predicted molar refractivity (Wildman–Crippen MR) is 123 cm³/mol. The Kier molecular flexibility index (Phi) is 8.38. The molecule has 0 aliphatic rings. The van der Waals surface area contributed by atoms with Crippen LogP contribution in [-0.4, -0.2) is 50.0 Å². The van der Waals surface area contributed by atoms with Gasteiger partial charge in [0, 0.05) is 18.2 Å². The Balaban J connectivity index is 2.39. The third-order valence-electron chi connectivity index (χ3n) is 4.90. The lowest BCUT2D eigenvalue weighted by Gasteiger charge is -2.32. The lowest BCUT2D eigenvalue weighted by Crippen LogP contribution is -2.52. The minimum Gasteiger partial charge on any atom is -0.352 e. The molecule has 174 valence electrons. The molecule has 0 fully saturated rings. The Morgan fingerprint density at radius 1 is 1.03 bits per heavy atom. The summed E-state index contributed by atoms with van der Waals surface area (Å²) in [6.07, 6.45) is 1.01. The normalized spacial score (nSPS) is 12.3. The molecule has 1 N–H and O–H groups in total. The molecule has 9 heteroatoms. The van der Waals surface area contributed by atoms with Crippen molar-refractivity contribution in [3.05, 3.63) is 65.5 Å². The van der Waals surface area contributed by atoms with E-state index in [1.165, 1.54) is 30.0 Å². The molecule has 32 heavy (non-hydrogen) atoms. The Bertz CT molecular complexity index is 1060. The second kappa shape index (κ2) is 10.6. The molecule has 2 amide bonds. The maximum atomic E-state index is 14.3. The molecule has 0 heterocycles. The van der Waals surface area contributed by atoms with Gasteiger partial charge in [-0.05, 0) is 45.9 Å². The van der Waals surface area contributed by atoms with Crippen molar-refractivity contribution in [2.24, 2.45) is 0 Å². The molecule has 1 atom stereocenters. The summed E-state index contributed by atoms with van der Waals surface area (Å²) < 4.78 is 40.2. The predicted octanol–water partition coefficient (Wildman–Crippen LogP) is 2.84. The zero-order valence-electron chi connectivity index (χ0n) is 19.0. The number of aryl methyl sites for hydroxylation is 1. The van der Waals surface area contributed by atoms with Crippen LogP contribution in [0, 0.1) is 12.7 Å². The Labute approximate surface area is 189 Å². The number of nitrogens with zero attached hydrogens (tertiary/aromatic N) is 2. The highest BCUT2D eigenvalue weighted by atomic mass is 32.2. The van der Waals surface area contributed by atoms with Crippen molar-refractivity contribution in [2.75, 3.05) is 17.1 Å². The van der Waals surface area contributed by atoms with E-state index in [0.29, 0.717) is 5.69 Å². The average Bonchev–Trinajstić information content (AvgIpc) is 2.70. The zero-order chi connectivity index (χ0) is 24.1. The van der Waals surface area contributed by atoms with Gasteiger partial charge >= 0.3 is 0 Å². The van der Waals surface area contributed by atoms with Crippen molar-refractivity contribution >= 4 is 27.5 Å². The molecular formula is C23H30FN3O4S. The van der Waals surface area contributed by atoms with Gasteiger partial charge in [0.2, 0.25) is 21.8 Å². The lowest BCUT2D eigenvalue weighted by atomic mass is 10.1. The largest absolute Gasteiger partial charge is 0.352 e. The minimum atomic E-state index is -3.79.